The van der Waals surface area contributed by atoms with Gasteiger partial charge in [-0.15, -0.1) is 0 Å². The number of esters is 1. The zero-order chi connectivity index (χ0) is 14.8. The molecule has 20 heavy (non-hydrogen) atoms. The topological polar surface area (TPSA) is 41.6 Å². The van der Waals surface area contributed by atoms with Crippen LogP contribution in [0.3, 0.4) is 0 Å². The smallest absolute Gasteiger partial charge is 0.326 e. The predicted octanol–water partition coefficient (Wildman–Crippen LogP) is 2.32. The van der Waals surface area contributed by atoms with Crippen LogP contribution in [0.5, 0.6) is 0 Å². The molecule has 0 aromatic carbocycles. The Kier molecular flexibility index (Phi) is 5.08. The largest absolute Gasteiger partial charge is 0.468 e. The summed E-state index contributed by atoms with van der Waals surface area (Å²) in [4.78, 5) is 14.9. The molecule has 2 atom stereocenters. The van der Waals surface area contributed by atoms with Crippen molar-refractivity contribution in [2.75, 3.05) is 13.7 Å². The Morgan fingerprint density at radius 2 is 2.05 bits per heavy atom. The molecule has 0 aliphatic heterocycles. The summed E-state index contributed by atoms with van der Waals surface area (Å²) in [6.45, 7) is 7.60. The molecule has 2 unspecified atom stereocenters. The van der Waals surface area contributed by atoms with Gasteiger partial charge in [-0.1, -0.05) is 6.92 Å². The first-order valence-electron chi connectivity index (χ1n) is 8.14. The Labute approximate surface area is 123 Å². The van der Waals surface area contributed by atoms with E-state index in [0.717, 1.165) is 31.8 Å². The second-order valence-electron chi connectivity index (χ2n) is 6.74. The molecule has 2 fully saturated rings. The molecule has 0 bridgehead atoms. The summed E-state index contributed by atoms with van der Waals surface area (Å²) in [7, 11) is 1.50. The van der Waals surface area contributed by atoms with Crippen LogP contribution < -0.4 is 5.32 Å². The molecule has 1 N–H and O–H groups in total. The van der Waals surface area contributed by atoms with Gasteiger partial charge in [0.05, 0.1) is 7.11 Å². The zero-order valence-corrected chi connectivity index (χ0v) is 13.4. The van der Waals surface area contributed by atoms with Gasteiger partial charge in [0.15, 0.2) is 0 Å². The van der Waals surface area contributed by atoms with Crippen molar-refractivity contribution in [3.8, 4) is 0 Å². The summed E-state index contributed by atoms with van der Waals surface area (Å²) in [5, 5.41) is 3.49. The fraction of sp³-hybridized carbons (Fsp3) is 0.938. The van der Waals surface area contributed by atoms with E-state index in [0.29, 0.717) is 12.1 Å². The lowest BCUT2D eigenvalue weighted by Gasteiger charge is -2.33. The molecule has 2 rings (SSSR count). The molecule has 4 nitrogen and oxygen atoms in total. The third-order valence-electron chi connectivity index (χ3n) is 4.60. The van der Waals surface area contributed by atoms with E-state index in [-0.39, 0.29) is 5.97 Å². The van der Waals surface area contributed by atoms with Crippen molar-refractivity contribution in [1.29, 1.82) is 0 Å². The number of hydrogen-bond acceptors (Lipinski definition) is 4. The fourth-order valence-electron chi connectivity index (χ4n) is 3.75. The van der Waals surface area contributed by atoms with E-state index in [2.05, 4.69) is 31.0 Å². The zero-order valence-electron chi connectivity index (χ0n) is 13.4. The van der Waals surface area contributed by atoms with Crippen molar-refractivity contribution in [2.24, 2.45) is 0 Å². The number of carbonyl (C=O) groups is 1. The van der Waals surface area contributed by atoms with E-state index in [1.807, 2.05) is 0 Å². The number of rotatable bonds is 7. The SMILES string of the molecule is CCCN(C1CC1)C1CCC(NC(C)C)(C(=O)OC)C1. The summed E-state index contributed by atoms with van der Waals surface area (Å²) in [5.74, 6) is -0.0825. The van der Waals surface area contributed by atoms with Crippen LogP contribution in [0.2, 0.25) is 0 Å². The van der Waals surface area contributed by atoms with Crippen molar-refractivity contribution < 1.29 is 9.53 Å². The number of ether oxygens (including phenoxy) is 1. The van der Waals surface area contributed by atoms with Crippen LogP contribution in [-0.2, 0) is 9.53 Å². The van der Waals surface area contributed by atoms with Crippen LogP contribution in [-0.4, -0.2) is 48.2 Å². The van der Waals surface area contributed by atoms with Crippen LogP contribution in [0.15, 0.2) is 0 Å². The highest BCUT2D eigenvalue weighted by molar-refractivity contribution is 5.81. The molecule has 0 aromatic heterocycles. The van der Waals surface area contributed by atoms with Gasteiger partial charge in [0.1, 0.15) is 5.54 Å². The second kappa shape index (κ2) is 6.44. The van der Waals surface area contributed by atoms with Gasteiger partial charge in [0, 0.05) is 18.1 Å². The van der Waals surface area contributed by atoms with E-state index in [1.165, 1.54) is 26.4 Å². The molecule has 0 radical (unpaired) electrons. The average molecular weight is 282 g/mol. The van der Waals surface area contributed by atoms with Crippen molar-refractivity contribution in [1.82, 2.24) is 10.2 Å². The van der Waals surface area contributed by atoms with E-state index in [4.69, 9.17) is 4.74 Å². The molecule has 2 aliphatic rings. The summed E-state index contributed by atoms with van der Waals surface area (Å²) < 4.78 is 5.08. The second-order valence-corrected chi connectivity index (χ2v) is 6.74. The lowest BCUT2D eigenvalue weighted by molar-refractivity contribution is -0.149. The molecule has 0 amide bonds. The minimum Gasteiger partial charge on any atom is -0.468 e. The molecule has 0 aromatic rings. The van der Waals surface area contributed by atoms with E-state index in [1.54, 1.807) is 0 Å². The number of carbonyl (C=O) groups excluding carboxylic acids is 1. The lowest BCUT2D eigenvalue weighted by Crippen LogP contribution is -2.54. The summed E-state index contributed by atoms with van der Waals surface area (Å²) in [6.07, 6.45) is 6.75. The lowest BCUT2D eigenvalue weighted by atomic mass is 9.96. The van der Waals surface area contributed by atoms with Gasteiger partial charge in [-0.05, 0) is 58.9 Å². The van der Waals surface area contributed by atoms with E-state index in [9.17, 15) is 4.79 Å². The van der Waals surface area contributed by atoms with Crippen LogP contribution >= 0.6 is 0 Å². The third-order valence-corrected chi connectivity index (χ3v) is 4.60. The quantitative estimate of drug-likeness (QED) is 0.728. The Morgan fingerprint density at radius 3 is 2.55 bits per heavy atom. The van der Waals surface area contributed by atoms with Crippen LogP contribution in [0.25, 0.3) is 0 Å². The molecule has 116 valence electrons. The van der Waals surface area contributed by atoms with Gasteiger partial charge >= 0.3 is 5.97 Å². The van der Waals surface area contributed by atoms with Gasteiger partial charge in [-0.2, -0.15) is 0 Å². The summed E-state index contributed by atoms with van der Waals surface area (Å²) in [6, 6.07) is 1.61. The predicted molar refractivity (Wildman–Crippen MR) is 80.7 cm³/mol. The number of nitrogens with zero attached hydrogens (tertiary/aromatic N) is 1. The highest BCUT2D eigenvalue weighted by atomic mass is 16.5. The molecule has 2 saturated carbocycles. The average Bonchev–Trinajstić information content (AvgIpc) is 3.16. The maximum absolute atomic E-state index is 12.3. The standard InChI is InChI=1S/C16H30N2O2/c1-5-10-18(13-6-7-13)14-8-9-16(11-14,15(19)20-4)17-12(2)3/h12-14,17H,5-11H2,1-4H3. The molecule has 0 heterocycles. The first-order valence-corrected chi connectivity index (χ1v) is 8.14. The Morgan fingerprint density at radius 1 is 1.35 bits per heavy atom. The van der Waals surface area contributed by atoms with Crippen molar-refractivity contribution in [3.63, 3.8) is 0 Å². The summed E-state index contributed by atoms with van der Waals surface area (Å²) in [5.41, 5.74) is -0.464. The Bertz CT molecular complexity index is 341. The Hall–Kier alpha value is -0.610. The van der Waals surface area contributed by atoms with Gasteiger partial charge in [-0.3, -0.25) is 15.0 Å². The highest BCUT2D eigenvalue weighted by Crippen LogP contribution is 2.39. The number of nitrogens with one attached hydrogen (secondary N) is 1. The monoisotopic (exact) mass is 282 g/mol. The maximum Gasteiger partial charge on any atom is 0.326 e. The van der Waals surface area contributed by atoms with Gasteiger partial charge in [0.2, 0.25) is 0 Å². The van der Waals surface area contributed by atoms with Crippen LogP contribution in [0.4, 0.5) is 0 Å². The first kappa shape index (κ1) is 15.8. The normalized spacial score (nSPS) is 30.2. The van der Waals surface area contributed by atoms with Gasteiger partial charge in [-0.25, -0.2) is 0 Å². The third kappa shape index (κ3) is 3.34. The minimum atomic E-state index is -0.464. The van der Waals surface area contributed by atoms with Crippen molar-refractivity contribution in [3.05, 3.63) is 0 Å². The van der Waals surface area contributed by atoms with Crippen molar-refractivity contribution in [2.45, 2.75) is 83.0 Å². The van der Waals surface area contributed by atoms with E-state index >= 15 is 0 Å². The maximum atomic E-state index is 12.3. The Balaban J connectivity index is 2.07. The highest BCUT2D eigenvalue weighted by Gasteiger charge is 2.49. The van der Waals surface area contributed by atoms with Crippen LogP contribution in [0, 0.1) is 0 Å². The van der Waals surface area contributed by atoms with Crippen molar-refractivity contribution >= 4 is 5.97 Å². The molecule has 0 saturated heterocycles. The molecule has 0 spiro atoms. The fourth-order valence-corrected chi connectivity index (χ4v) is 3.75. The van der Waals surface area contributed by atoms with Gasteiger partial charge in [0.25, 0.3) is 0 Å². The minimum absolute atomic E-state index is 0.0825. The molecular weight excluding hydrogens is 252 g/mol. The summed E-state index contributed by atoms with van der Waals surface area (Å²) >= 11 is 0. The number of hydrogen-bond donors (Lipinski definition) is 1. The van der Waals surface area contributed by atoms with Crippen LogP contribution in [0.1, 0.15) is 59.3 Å². The van der Waals surface area contributed by atoms with Gasteiger partial charge < -0.3 is 4.74 Å². The molecule has 4 heteroatoms. The molecular formula is C16H30N2O2. The molecule has 2 aliphatic carbocycles. The number of methoxy groups -OCH3 is 1. The van der Waals surface area contributed by atoms with E-state index < -0.39 is 5.54 Å². The first-order chi connectivity index (χ1) is 9.52.